The summed E-state index contributed by atoms with van der Waals surface area (Å²) in [5.74, 6) is 1.39. The molecule has 0 saturated heterocycles. The molecule has 0 aliphatic heterocycles. The summed E-state index contributed by atoms with van der Waals surface area (Å²) in [6.45, 7) is 34.5. The van der Waals surface area contributed by atoms with Crippen molar-refractivity contribution in [3.8, 4) is 0 Å². The van der Waals surface area contributed by atoms with Crippen LogP contribution in [-0.2, 0) is 19.2 Å². The van der Waals surface area contributed by atoms with Gasteiger partial charge in [-0.1, -0.05) is 120 Å². The van der Waals surface area contributed by atoms with Crippen molar-refractivity contribution >= 4 is 23.8 Å². The van der Waals surface area contributed by atoms with E-state index < -0.39 is 22.8 Å². The zero-order valence-corrected chi connectivity index (χ0v) is 49.3. The number of aliphatic carboxylic acids is 2. The number of hydrogen-bond acceptors (Lipinski definition) is 4. The van der Waals surface area contributed by atoms with Crippen LogP contribution in [0.2, 0.25) is 0 Å². The topological polar surface area (TPSA) is 133 Å². The average molecular weight is 1020 g/mol. The van der Waals surface area contributed by atoms with Crippen LogP contribution in [0.3, 0.4) is 0 Å². The highest BCUT2D eigenvalue weighted by Crippen LogP contribution is 2.78. The molecule has 8 heteroatoms. The third-order valence-corrected chi connectivity index (χ3v) is 27.9. The first-order valence-electron chi connectivity index (χ1n) is 30.7. The Balaban J connectivity index is 0.733. The smallest absolute Gasteiger partial charge is 0.310 e. The predicted octanol–water partition coefficient (Wildman–Crippen LogP) is 15.3. The second-order valence-corrected chi connectivity index (χ2v) is 32.5. The molecule has 8 saturated carbocycles. The van der Waals surface area contributed by atoms with E-state index in [1.165, 1.54) is 11.1 Å². The van der Waals surface area contributed by atoms with Gasteiger partial charge in [-0.25, -0.2) is 0 Å². The summed E-state index contributed by atoms with van der Waals surface area (Å²) in [6, 6.07) is 0.243. The van der Waals surface area contributed by atoms with Crippen LogP contribution in [0.4, 0.5) is 0 Å². The van der Waals surface area contributed by atoms with Gasteiger partial charge in [0.1, 0.15) is 0 Å². The number of carbonyl (C=O) groups is 4. The van der Waals surface area contributed by atoms with Gasteiger partial charge in [0.15, 0.2) is 0 Å². The first-order chi connectivity index (χ1) is 34.2. The molecule has 0 aromatic rings. The van der Waals surface area contributed by atoms with Gasteiger partial charge in [0.2, 0.25) is 11.8 Å². The Morgan fingerprint density at radius 2 is 0.811 bits per heavy atom. The molecule has 2 amide bonds. The van der Waals surface area contributed by atoms with Crippen LogP contribution < -0.4 is 10.6 Å². The van der Waals surface area contributed by atoms with Crippen LogP contribution in [0.25, 0.3) is 0 Å². The summed E-state index contributed by atoms with van der Waals surface area (Å²) in [5, 5.41) is 28.8. The highest BCUT2D eigenvalue weighted by atomic mass is 16.4. The van der Waals surface area contributed by atoms with Crippen LogP contribution in [0.1, 0.15) is 251 Å². The summed E-state index contributed by atoms with van der Waals surface area (Å²) < 4.78 is 0. The van der Waals surface area contributed by atoms with Crippen LogP contribution in [-0.4, -0.2) is 46.0 Å². The van der Waals surface area contributed by atoms with E-state index in [1.54, 1.807) is 0 Å². The molecule has 10 aliphatic rings. The number of unbranched alkanes of at least 4 members (excludes halogenated alkanes) is 1. The quantitative estimate of drug-likeness (QED) is 0.134. The molecule has 0 spiro atoms. The summed E-state index contributed by atoms with van der Waals surface area (Å²) in [7, 11) is 0. The molecule has 74 heavy (non-hydrogen) atoms. The number of rotatable bonds is 9. The Labute approximate surface area is 448 Å². The third kappa shape index (κ3) is 7.61. The Morgan fingerprint density at radius 3 is 1.16 bits per heavy atom. The Bertz CT molecular complexity index is 2220. The van der Waals surface area contributed by atoms with Crippen LogP contribution in [0, 0.1) is 100 Å². The number of carbonyl (C=O) groups excluding carboxylic acids is 2. The number of allylic oxidation sites excluding steroid dienone is 4. The number of carboxylic acids is 2. The van der Waals surface area contributed by atoms with Crippen molar-refractivity contribution in [1.29, 1.82) is 0 Å². The minimum atomic E-state index is -0.617. The van der Waals surface area contributed by atoms with Crippen LogP contribution in [0.15, 0.2) is 23.3 Å². The fraction of sp³-hybridized carbons (Fsp3) is 0.879. The van der Waals surface area contributed by atoms with E-state index in [4.69, 9.17) is 0 Å². The van der Waals surface area contributed by atoms with Crippen molar-refractivity contribution in [3.05, 3.63) is 23.3 Å². The molecule has 10 rings (SSSR count). The predicted molar refractivity (Wildman–Crippen MR) is 296 cm³/mol. The molecule has 414 valence electrons. The summed E-state index contributed by atoms with van der Waals surface area (Å²) in [6.07, 6.45) is 27.3. The van der Waals surface area contributed by atoms with Crippen molar-refractivity contribution in [2.24, 2.45) is 100 Å². The van der Waals surface area contributed by atoms with E-state index in [-0.39, 0.29) is 89.9 Å². The van der Waals surface area contributed by atoms with Gasteiger partial charge < -0.3 is 20.8 Å². The summed E-state index contributed by atoms with van der Waals surface area (Å²) in [5.41, 5.74) is 2.44. The normalized spacial score (nSPS) is 48.1. The van der Waals surface area contributed by atoms with Crippen molar-refractivity contribution in [3.63, 3.8) is 0 Å². The van der Waals surface area contributed by atoms with E-state index in [0.29, 0.717) is 49.4 Å². The molecule has 6 unspecified atom stereocenters. The summed E-state index contributed by atoms with van der Waals surface area (Å²) in [4.78, 5) is 53.9. The maximum Gasteiger partial charge on any atom is 0.310 e. The van der Waals surface area contributed by atoms with Gasteiger partial charge in [-0.2, -0.15) is 0 Å². The lowest BCUT2D eigenvalue weighted by Crippen LogP contribution is -2.66. The lowest BCUT2D eigenvalue weighted by molar-refractivity contribution is -0.192. The molecule has 0 aromatic heterocycles. The lowest BCUT2D eigenvalue weighted by Gasteiger charge is -2.71. The van der Waals surface area contributed by atoms with Gasteiger partial charge in [-0.3, -0.25) is 19.2 Å². The third-order valence-electron chi connectivity index (χ3n) is 27.9. The SMILES string of the molecule is CC1(C)CC[C@]2(C(=O)O)CC[C@]3(C)C(=CCC4[C@@]5(C)CC[C@H](NC(=O)CCCCC(=O)N[C@H]6CC[C@@]7(C)C(CC[C@]8(C)C7CC=C7C9CC(C)(C)CC[C@]9(C(=O)O)CC[C@]78C)C6(C)C)C(C)(C)C5CC[C@]43C)C2C1. The molecule has 0 radical (unpaired) electrons. The Kier molecular flexibility index (Phi) is 12.9. The molecule has 10 aliphatic carbocycles. The maximum absolute atomic E-state index is 13.8. The van der Waals surface area contributed by atoms with Gasteiger partial charge in [-0.05, 0) is 231 Å². The molecule has 4 N–H and O–H groups in total. The van der Waals surface area contributed by atoms with Gasteiger partial charge in [-0.15, -0.1) is 0 Å². The van der Waals surface area contributed by atoms with E-state index in [0.717, 1.165) is 128 Å². The van der Waals surface area contributed by atoms with Crippen LogP contribution >= 0.6 is 0 Å². The molecular formula is C66H104N2O6. The molecule has 8 fully saturated rings. The first kappa shape index (κ1) is 54.7. The highest BCUT2D eigenvalue weighted by molar-refractivity contribution is 5.78. The van der Waals surface area contributed by atoms with E-state index in [2.05, 4.69) is 120 Å². The molecular weight excluding hydrogens is 917 g/mol. The molecule has 0 heterocycles. The van der Waals surface area contributed by atoms with Gasteiger partial charge in [0, 0.05) is 24.9 Å². The second-order valence-electron chi connectivity index (χ2n) is 32.5. The zero-order chi connectivity index (χ0) is 53.9. The number of carboxylic acid groups (broad SMARTS) is 2. The highest BCUT2D eigenvalue weighted by Gasteiger charge is 2.72. The Hall–Kier alpha value is -2.64. The fourth-order valence-corrected chi connectivity index (χ4v) is 22.9. The van der Waals surface area contributed by atoms with Crippen molar-refractivity contribution in [2.75, 3.05) is 0 Å². The van der Waals surface area contributed by atoms with Crippen molar-refractivity contribution in [2.45, 2.75) is 263 Å². The Morgan fingerprint density at radius 1 is 0.459 bits per heavy atom. The van der Waals surface area contributed by atoms with E-state index >= 15 is 0 Å². The first-order valence-corrected chi connectivity index (χ1v) is 30.7. The number of nitrogens with one attached hydrogen (secondary N) is 2. The average Bonchev–Trinajstić information content (AvgIpc) is 3.29. The van der Waals surface area contributed by atoms with Gasteiger partial charge >= 0.3 is 11.9 Å². The minimum absolute atomic E-state index is 0.000126. The van der Waals surface area contributed by atoms with Crippen molar-refractivity contribution in [1.82, 2.24) is 10.6 Å². The monoisotopic (exact) mass is 1020 g/mol. The van der Waals surface area contributed by atoms with E-state index in [9.17, 15) is 29.4 Å². The maximum atomic E-state index is 13.8. The molecule has 0 bridgehead atoms. The van der Waals surface area contributed by atoms with Gasteiger partial charge in [0.25, 0.3) is 0 Å². The minimum Gasteiger partial charge on any atom is -0.481 e. The number of amides is 2. The fourth-order valence-electron chi connectivity index (χ4n) is 22.9. The van der Waals surface area contributed by atoms with Gasteiger partial charge in [0.05, 0.1) is 10.8 Å². The van der Waals surface area contributed by atoms with E-state index in [1.807, 2.05) is 0 Å². The largest absolute Gasteiger partial charge is 0.481 e. The van der Waals surface area contributed by atoms with Crippen LogP contribution in [0.5, 0.6) is 0 Å². The molecule has 0 aromatic carbocycles. The van der Waals surface area contributed by atoms with Crippen molar-refractivity contribution < 1.29 is 29.4 Å². The molecule has 8 nitrogen and oxygen atoms in total. The standard InChI is InChI=1S/C66H104N2O6/c1-55(2)31-35-65(53(71)72)37-33-61(11)41(43(65)39-55)19-21-47-59(9)27-25-49(57(5,6)45(59)23-29-63(47,61)13)67-51(69)17-15-16-18-52(70)68-50-26-28-60(10)46(58(50,7)8)24-30-64(14)48(60)22-20-42-44-40-56(3,4)32-36-66(44,54(73)74)38-34-62(42,64)12/h19-20,43-50H,15-18,21-40H2,1-14H3,(H,67,69)(H,68,70)(H,71,72)(H,73,74)/t43?,44?,45?,46?,47?,48?,49-,50-,59-,60-,61+,62+,63+,64+,65-,66-/m0/s1. The molecule has 16 atom stereocenters. The lowest BCUT2D eigenvalue weighted by atomic mass is 9.33. The summed E-state index contributed by atoms with van der Waals surface area (Å²) >= 11 is 0. The zero-order valence-electron chi connectivity index (χ0n) is 49.3. The second kappa shape index (κ2) is 17.4. The number of fused-ring (bicyclic) bond motifs is 14. The number of hydrogen-bond donors (Lipinski definition) is 4.